The van der Waals surface area contributed by atoms with Gasteiger partial charge in [0.15, 0.2) is 0 Å². The minimum absolute atomic E-state index is 0.0740. The summed E-state index contributed by atoms with van der Waals surface area (Å²) in [7, 11) is 0. The molecule has 0 spiro atoms. The molecule has 0 saturated carbocycles. The molecule has 1 aromatic carbocycles. The molecule has 1 amide bonds. The Balaban J connectivity index is 1.42. The van der Waals surface area contributed by atoms with Crippen molar-refractivity contribution >= 4 is 17.2 Å². The molecule has 3 rings (SSSR count). The van der Waals surface area contributed by atoms with E-state index in [0.717, 1.165) is 30.6 Å². The van der Waals surface area contributed by atoms with Crippen LogP contribution < -0.4 is 4.74 Å². The standard InChI is InChI=1S/C20H31NO7S/c1-20(2,3)28-19(22)21-10-8-18(9-11-21)27-17-6-4-15(5-7-17)12-16-13-25-29(23,24)26-14-16/h4-7,16,18,23-24H,8-14H2,1-3H3. The molecule has 2 aliphatic heterocycles. The second-order valence-electron chi connectivity index (χ2n) is 8.52. The summed E-state index contributed by atoms with van der Waals surface area (Å²) >= 11 is -3.30. The van der Waals surface area contributed by atoms with Crippen LogP contribution in [0.5, 0.6) is 5.75 Å². The van der Waals surface area contributed by atoms with Crippen molar-refractivity contribution in [1.29, 1.82) is 0 Å². The lowest BCUT2D eigenvalue weighted by Crippen LogP contribution is -2.44. The van der Waals surface area contributed by atoms with E-state index < -0.39 is 16.8 Å². The van der Waals surface area contributed by atoms with E-state index >= 15 is 0 Å². The highest BCUT2D eigenvalue weighted by atomic mass is 32.3. The monoisotopic (exact) mass is 429 g/mol. The highest BCUT2D eigenvalue weighted by Gasteiger charge is 2.30. The Bertz CT molecular complexity index is 671. The predicted molar refractivity (Wildman–Crippen MR) is 110 cm³/mol. The van der Waals surface area contributed by atoms with Gasteiger partial charge in [-0.05, 0) is 44.9 Å². The molecule has 0 bridgehead atoms. The number of hydrogen-bond donors (Lipinski definition) is 2. The minimum atomic E-state index is -3.30. The Labute approximate surface area is 173 Å². The quantitative estimate of drug-likeness (QED) is 0.738. The van der Waals surface area contributed by atoms with E-state index in [4.69, 9.17) is 17.8 Å². The first kappa shape index (κ1) is 22.2. The lowest BCUT2D eigenvalue weighted by Gasteiger charge is -2.34. The van der Waals surface area contributed by atoms with Crippen LogP contribution in [0.2, 0.25) is 0 Å². The predicted octanol–water partition coefficient (Wildman–Crippen LogP) is 4.25. The van der Waals surface area contributed by atoms with Crippen molar-refractivity contribution < 1.29 is 31.7 Å². The van der Waals surface area contributed by atoms with Crippen molar-refractivity contribution in [3.63, 3.8) is 0 Å². The molecule has 9 heteroatoms. The van der Waals surface area contributed by atoms with Gasteiger partial charge in [0.1, 0.15) is 17.5 Å². The first-order valence-corrected chi connectivity index (χ1v) is 11.3. The second kappa shape index (κ2) is 9.09. The van der Waals surface area contributed by atoms with Gasteiger partial charge in [0.25, 0.3) is 0 Å². The first-order valence-electron chi connectivity index (χ1n) is 9.90. The number of piperidine rings is 1. The molecule has 29 heavy (non-hydrogen) atoms. The van der Waals surface area contributed by atoms with E-state index in [1.54, 1.807) is 4.90 Å². The molecule has 0 aliphatic carbocycles. The zero-order valence-electron chi connectivity index (χ0n) is 17.2. The average Bonchev–Trinajstić information content (AvgIpc) is 2.64. The fourth-order valence-corrected chi connectivity index (χ4v) is 4.09. The third-order valence-electron chi connectivity index (χ3n) is 4.76. The fraction of sp³-hybridized carbons (Fsp3) is 0.650. The zero-order chi connectivity index (χ0) is 21.1. The molecule has 0 aromatic heterocycles. The van der Waals surface area contributed by atoms with Crippen molar-refractivity contribution in [3.8, 4) is 5.75 Å². The molecule has 2 heterocycles. The summed E-state index contributed by atoms with van der Waals surface area (Å²) < 4.78 is 40.0. The molecule has 2 N–H and O–H groups in total. The van der Waals surface area contributed by atoms with E-state index in [9.17, 15) is 13.9 Å². The van der Waals surface area contributed by atoms with E-state index in [1.165, 1.54) is 0 Å². The van der Waals surface area contributed by atoms with Crippen molar-refractivity contribution in [2.75, 3.05) is 26.3 Å². The van der Waals surface area contributed by atoms with E-state index in [1.807, 2.05) is 45.0 Å². The first-order chi connectivity index (χ1) is 13.6. The normalized spacial score (nSPS) is 22.2. The number of carbonyl (C=O) groups is 1. The summed E-state index contributed by atoms with van der Waals surface area (Å²) in [6.07, 6.45) is 2.07. The van der Waals surface area contributed by atoms with Gasteiger partial charge in [0, 0.05) is 31.8 Å². The highest BCUT2D eigenvalue weighted by molar-refractivity contribution is 8.16. The SMILES string of the molecule is CC(C)(C)OC(=O)N1CCC(Oc2ccc(CC3COS(O)(O)OC3)cc2)CC1. The van der Waals surface area contributed by atoms with Gasteiger partial charge >= 0.3 is 6.09 Å². The van der Waals surface area contributed by atoms with Gasteiger partial charge in [-0.25, -0.2) is 4.79 Å². The number of hydrogen-bond acceptors (Lipinski definition) is 7. The van der Waals surface area contributed by atoms with Gasteiger partial charge in [-0.2, -0.15) is 0 Å². The number of amides is 1. The minimum Gasteiger partial charge on any atom is -0.490 e. The number of carbonyl (C=O) groups excluding carboxylic acids is 1. The Hall–Kier alpha value is -1.52. The van der Waals surface area contributed by atoms with Crippen LogP contribution in [0.3, 0.4) is 0 Å². The van der Waals surface area contributed by atoms with Crippen LogP contribution in [0.25, 0.3) is 0 Å². The number of ether oxygens (including phenoxy) is 2. The maximum absolute atomic E-state index is 12.1. The average molecular weight is 430 g/mol. The van der Waals surface area contributed by atoms with E-state index in [2.05, 4.69) is 0 Å². The summed E-state index contributed by atoms with van der Waals surface area (Å²) in [6, 6.07) is 7.87. The maximum Gasteiger partial charge on any atom is 0.410 e. The summed E-state index contributed by atoms with van der Waals surface area (Å²) in [5.74, 6) is 0.883. The van der Waals surface area contributed by atoms with Gasteiger partial charge in [-0.3, -0.25) is 17.5 Å². The van der Waals surface area contributed by atoms with Gasteiger partial charge < -0.3 is 14.4 Å². The molecule has 164 valence electrons. The Morgan fingerprint density at radius 2 is 1.72 bits per heavy atom. The Kier molecular flexibility index (Phi) is 6.95. The van der Waals surface area contributed by atoms with Gasteiger partial charge in [-0.15, -0.1) is 0 Å². The summed E-state index contributed by atoms with van der Waals surface area (Å²) in [6.45, 7) is 7.37. The molecular formula is C20H31NO7S. The van der Waals surface area contributed by atoms with Gasteiger partial charge in [0.05, 0.1) is 13.2 Å². The molecule has 2 saturated heterocycles. The van der Waals surface area contributed by atoms with Crippen molar-refractivity contribution in [2.24, 2.45) is 5.92 Å². The summed E-state index contributed by atoms with van der Waals surface area (Å²) in [5.41, 5.74) is 0.621. The van der Waals surface area contributed by atoms with Gasteiger partial charge in [-0.1, -0.05) is 12.1 Å². The third-order valence-corrected chi connectivity index (χ3v) is 5.64. The van der Waals surface area contributed by atoms with Crippen LogP contribution in [0, 0.1) is 5.92 Å². The van der Waals surface area contributed by atoms with Crippen LogP contribution in [0.15, 0.2) is 24.3 Å². The smallest absolute Gasteiger partial charge is 0.410 e. The molecule has 1 aromatic rings. The van der Waals surface area contributed by atoms with Crippen LogP contribution >= 0.6 is 11.2 Å². The van der Waals surface area contributed by atoms with Crippen molar-refractivity contribution in [2.45, 2.75) is 51.7 Å². The lowest BCUT2D eigenvalue weighted by molar-refractivity contribution is 0.0126. The second-order valence-corrected chi connectivity index (χ2v) is 9.88. The third kappa shape index (κ3) is 7.04. The molecular weight excluding hydrogens is 398 g/mol. The number of nitrogens with zero attached hydrogens (tertiary/aromatic N) is 1. The van der Waals surface area contributed by atoms with E-state index in [0.29, 0.717) is 13.1 Å². The molecule has 0 atom stereocenters. The van der Waals surface area contributed by atoms with Crippen LogP contribution in [-0.2, 0) is 19.5 Å². The number of benzene rings is 1. The summed E-state index contributed by atoms with van der Waals surface area (Å²) in [4.78, 5) is 13.9. The van der Waals surface area contributed by atoms with Crippen LogP contribution in [0.1, 0.15) is 39.2 Å². The van der Waals surface area contributed by atoms with Crippen LogP contribution in [0.4, 0.5) is 4.79 Å². The largest absolute Gasteiger partial charge is 0.490 e. The van der Waals surface area contributed by atoms with Gasteiger partial charge in [0.2, 0.25) is 11.2 Å². The molecule has 8 nitrogen and oxygen atoms in total. The van der Waals surface area contributed by atoms with Crippen molar-refractivity contribution in [1.82, 2.24) is 4.90 Å². The fourth-order valence-electron chi connectivity index (χ4n) is 3.28. The molecule has 2 aliphatic rings. The molecule has 2 fully saturated rings. The Morgan fingerprint density at radius 1 is 1.14 bits per heavy atom. The summed E-state index contributed by atoms with van der Waals surface area (Å²) in [5, 5.41) is 0. The van der Waals surface area contributed by atoms with E-state index in [-0.39, 0.29) is 31.3 Å². The number of likely N-dealkylation sites (tertiary alicyclic amines) is 1. The maximum atomic E-state index is 12.1. The van der Waals surface area contributed by atoms with Crippen LogP contribution in [-0.4, -0.2) is 58.1 Å². The lowest BCUT2D eigenvalue weighted by atomic mass is 10.0. The number of rotatable bonds is 4. The molecule has 0 radical (unpaired) electrons. The topological polar surface area (TPSA) is 97.7 Å². The highest BCUT2D eigenvalue weighted by Crippen LogP contribution is 2.45. The molecule has 0 unspecified atom stereocenters. The van der Waals surface area contributed by atoms with Crippen molar-refractivity contribution in [3.05, 3.63) is 29.8 Å². The zero-order valence-corrected chi connectivity index (χ0v) is 18.0. The Morgan fingerprint density at radius 3 is 2.28 bits per heavy atom.